The second-order valence-corrected chi connectivity index (χ2v) is 5.41. The Kier molecular flexibility index (Phi) is 3.62. The summed E-state index contributed by atoms with van der Waals surface area (Å²) in [4.78, 5) is 4.30. The minimum atomic E-state index is -0.950. The number of hydrogen-bond donors (Lipinski definition) is 1. The van der Waals surface area contributed by atoms with Crippen LogP contribution >= 0.6 is 11.6 Å². The van der Waals surface area contributed by atoms with E-state index < -0.39 is 6.10 Å². The third-order valence-corrected chi connectivity index (χ3v) is 3.75. The first-order valence-electron chi connectivity index (χ1n) is 6.54. The molecule has 3 aromatic rings. The fraction of sp³-hybridized carbons (Fsp3) is 0.118. The Bertz CT molecular complexity index is 799. The van der Waals surface area contributed by atoms with Crippen LogP contribution in [-0.2, 0) is 0 Å². The summed E-state index contributed by atoms with van der Waals surface area (Å²) in [5.74, 6) is -0.365. The summed E-state index contributed by atoms with van der Waals surface area (Å²) in [5, 5.41) is 11.9. The van der Waals surface area contributed by atoms with Gasteiger partial charge < -0.3 is 5.11 Å². The van der Waals surface area contributed by atoms with Crippen LogP contribution in [0.25, 0.3) is 10.9 Å². The molecule has 1 N–H and O–H groups in total. The van der Waals surface area contributed by atoms with Crippen LogP contribution in [0.3, 0.4) is 0 Å². The summed E-state index contributed by atoms with van der Waals surface area (Å²) in [5.41, 5.74) is 2.50. The SMILES string of the molecule is Cc1cc(F)cc(C(O)c2ccc(Cl)c3cccnc23)c1. The zero-order valence-corrected chi connectivity index (χ0v) is 12.1. The second-order valence-electron chi connectivity index (χ2n) is 5.00. The molecule has 2 nitrogen and oxygen atoms in total. The molecule has 1 heterocycles. The maximum atomic E-state index is 13.5. The number of aliphatic hydroxyl groups is 1. The quantitative estimate of drug-likeness (QED) is 0.760. The highest BCUT2D eigenvalue weighted by Crippen LogP contribution is 2.32. The Hall–Kier alpha value is -1.97. The zero-order valence-electron chi connectivity index (χ0n) is 11.3. The van der Waals surface area contributed by atoms with Gasteiger partial charge in [0, 0.05) is 22.2 Å². The van der Waals surface area contributed by atoms with Crippen molar-refractivity contribution in [2.24, 2.45) is 0 Å². The van der Waals surface area contributed by atoms with E-state index in [1.807, 2.05) is 6.07 Å². The van der Waals surface area contributed by atoms with Gasteiger partial charge in [0.15, 0.2) is 0 Å². The number of hydrogen-bond acceptors (Lipinski definition) is 2. The van der Waals surface area contributed by atoms with Gasteiger partial charge in [-0.05, 0) is 48.4 Å². The molecule has 0 aliphatic rings. The lowest BCUT2D eigenvalue weighted by molar-refractivity contribution is 0.221. The number of aryl methyl sites for hydroxylation is 1. The lowest BCUT2D eigenvalue weighted by Gasteiger charge is -2.15. The minimum Gasteiger partial charge on any atom is -0.384 e. The van der Waals surface area contributed by atoms with Crippen molar-refractivity contribution in [3.63, 3.8) is 0 Å². The normalized spacial score (nSPS) is 12.6. The van der Waals surface area contributed by atoms with Gasteiger partial charge in [0.2, 0.25) is 0 Å². The van der Waals surface area contributed by atoms with Crippen molar-refractivity contribution in [2.75, 3.05) is 0 Å². The molecule has 0 aliphatic carbocycles. The first-order chi connectivity index (χ1) is 10.1. The van der Waals surface area contributed by atoms with E-state index in [1.165, 1.54) is 12.1 Å². The van der Waals surface area contributed by atoms with Crippen molar-refractivity contribution in [1.82, 2.24) is 4.98 Å². The van der Waals surface area contributed by atoms with Gasteiger partial charge in [-0.1, -0.05) is 23.7 Å². The van der Waals surface area contributed by atoms with E-state index in [0.717, 1.165) is 10.9 Å². The summed E-state index contributed by atoms with van der Waals surface area (Å²) >= 11 is 6.15. The average Bonchev–Trinajstić information content (AvgIpc) is 2.46. The Labute approximate surface area is 126 Å². The summed E-state index contributed by atoms with van der Waals surface area (Å²) in [6.45, 7) is 1.79. The predicted octanol–water partition coefficient (Wildman–Crippen LogP) is 4.42. The Balaban J connectivity index is 2.18. The Morgan fingerprint density at radius 2 is 2.00 bits per heavy atom. The molecule has 21 heavy (non-hydrogen) atoms. The molecule has 1 atom stereocenters. The summed E-state index contributed by atoms with van der Waals surface area (Å²) in [6, 6.07) is 11.6. The van der Waals surface area contributed by atoms with Crippen LogP contribution in [0.5, 0.6) is 0 Å². The van der Waals surface area contributed by atoms with E-state index in [1.54, 1.807) is 37.4 Å². The maximum absolute atomic E-state index is 13.5. The number of nitrogens with zero attached hydrogens (tertiary/aromatic N) is 1. The molecule has 0 spiro atoms. The maximum Gasteiger partial charge on any atom is 0.123 e. The van der Waals surface area contributed by atoms with Crippen LogP contribution < -0.4 is 0 Å². The Morgan fingerprint density at radius 1 is 1.19 bits per heavy atom. The molecule has 0 fully saturated rings. The summed E-state index contributed by atoms with van der Waals surface area (Å²) in [7, 11) is 0. The van der Waals surface area contributed by atoms with Gasteiger partial charge >= 0.3 is 0 Å². The molecule has 0 saturated heterocycles. The lowest BCUT2D eigenvalue weighted by atomic mass is 9.97. The van der Waals surface area contributed by atoms with Crippen LogP contribution in [0.1, 0.15) is 22.8 Å². The van der Waals surface area contributed by atoms with Crippen molar-refractivity contribution in [3.05, 3.63) is 76.2 Å². The second kappa shape index (κ2) is 5.43. The fourth-order valence-electron chi connectivity index (χ4n) is 2.48. The van der Waals surface area contributed by atoms with E-state index in [2.05, 4.69) is 4.98 Å². The van der Waals surface area contributed by atoms with E-state index in [0.29, 0.717) is 21.7 Å². The molecule has 0 saturated carbocycles. The van der Waals surface area contributed by atoms with Gasteiger partial charge in [0.25, 0.3) is 0 Å². The number of aliphatic hydroxyl groups excluding tert-OH is 1. The highest BCUT2D eigenvalue weighted by Gasteiger charge is 2.16. The molecule has 0 aliphatic heterocycles. The van der Waals surface area contributed by atoms with Gasteiger partial charge in [-0.2, -0.15) is 0 Å². The fourth-order valence-corrected chi connectivity index (χ4v) is 2.70. The van der Waals surface area contributed by atoms with Crippen molar-refractivity contribution < 1.29 is 9.50 Å². The first kappa shape index (κ1) is 14.0. The smallest absolute Gasteiger partial charge is 0.123 e. The largest absolute Gasteiger partial charge is 0.384 e. The molecule has 0 amide bonds. The van der Waals surface area contributed by atoms with Gasteiger partial charge in [0.05, 0.1) is 5.52 Å². The number of pyridine rings is 1. The van der Waals surface area contributed by atoms with E-state index in [4.69, 9.17) is 11.6 Å². The van der Waals surface area contributed by atoms with Gasteiger partial charge in [-0.15, -0.1) is 0 Å². The highest BCUT2D eigenvalue weighted by atomic mass is 35.5. The van der Waals surface area contributed by atoms with Crippen LogP contribution in [-0.4, -0.2) is 10.1 Å². The van der Waals surface area contributed by atoms with Crippen LogP contribution in [0, 0.1) is 12.7 Å². The van der Waals surface area contributed by atoms with E-state index >= 15 is 0 Å². The average molecular weight is 302 g/mol. The predicted molar refractivity (Wildman–Crippen MR) is 82.0 cm³/mol. The van der Waals surface area contributed by atoms with E-state index in [9.17, 15) is 9.50 Å². The third kappa shape index (κ3) is 2.62. The molecular weight excluding hydrogens is 289 g/mol. The van der Waals surface area contributed by atoms with Gasteiger partial charge in [-0.25, -0.2) is 4.39 Å². The van der Waals surface area contributed by atoms with Crippen molar-refractivity contribution in [3.8, 4) is 0 Å². The summed E-state index contributed by atoms with van der Waals surface area (Å²) in [6.07, 6.45) is 0.695. The molecule has 1 aromatic heterocycles. The van der Waals surface area contributed by atoms with Gasteiger partial charge in [0.1, 0.15) is 11.9 Å². The molecule has 3 rings (SSSR count). The minimum absolute atomic E-state index is 0.365. The molecule has 0 radical (unpaired) electrons. The molecule has 4 heteroatoms. The molecule has 0 bridgehead atoms. The van der Waals surface area contributed by atoms with E-state index in [-0.39, 0.29) is 5.82 Å². The zero-order chi connectivity index (χ0) is 15.0. The number of rotatable bonds is 2. The molecule has 106 valence electrons. The van der Waals surface area contributed by atoms with Crippen molar-refractivity contribution in [1.29, 1.82) is 0 Å². The lowest BCUT2D eigenvalue weighted by Crippen LogP contribution is -2.03. The number of benzene rings is 2. The number of halogens is 2. The van der Waals surface area contributed by atoms with Crippen LogP contribution in [0.4, 0.5) is 4.39 Å². The Morgan fingerprint density at radius 3 is 2.76 bits per heavy atom. The standard InChI is InChI=1S/C17H13ClFNO/c1-10-7-11(9-12(19)8-10)17(21)14-4-5-15(18)13-3-2-6-20-16(13)14/h2-9,17,21H,1H3. The monoisotopic (exact) mass is 301 g/mol. The number of aromatic nitrogens is 1. The first-order valence-corrected chi connectivity index (χ1v) is 6.92. The highest BCUT2D eigenvalue weighted by molar-refractivity contribution is 6.35. The molecule has 1 unspecified atom stereocenters. The topological polar surface area (TPSA) is 33.1 Å². The summed E-state index contributed by atoms with van der Waals surface area (Å²) < 4.78 is 13.5. The molecule has 2 aromatic carbocycles. The number of fused-ring (bicyclic) bond motifs is 1. The van der Waals surface area contributed by atoms with Crippen molar-refractivity contribution in [2.45, 2.75) is 13.0 Å². The van der Waals surface area contributed by atoms with Crippen molar-refractivity contribution >= 4 is 22.5 Å². The van der Waals surface area contributed by atoms with Crippen LogP contribution in [0.2, 0.25) is 5.02 Å². The van der Waals surface area contributed by atoms with Gasteiger partial charge in [-0.3, -0.25) is 4.98 Å². The molecular formula is C17H13ClFNO. The van der Waals surface area contributed by atoms with Crippen LogP contribution in [0.15, 0.2) is 48.7 Å². The third-order valence-electron chi connectivity index (χ3n) is 3.42.